The summed E-state index contributed by atoms with van der Waals surface area (Å²) in [4.78, 5) is 72.3. The number of nitrogens with one attached hydrogen (secondary N) is 4. The maximum atomic E-state index is 14.0. The van der Waals surface area contributed by atoms with E-state index in [1.165, 1.54) is 11.3 Å². The van der Waals surface area contributed by atoms with E-state index in [-0.39, 0.29) is 36.4 Å². The second-order valence-corrected chi connectivity index (χ2v) is 15.0. The Hall–Kier alpha value is -4.42. The molecule has 274 valence electrons. The third kappa shape index (κ3) is 12.7. The number of aryl methyl sites for hydroxylation is 1. The fourth-order valence-electron chi connectivity index (χ4n) is 5.86. The Morgan fingerprint density at radius 2 is 1.27 bits per heavy atom. The van der Waals surface area contributed by atoms with Gasteiger partial charge in [0.05, 0.1) is 30.3 Å². The average molecular weight is 718 g/mol. The number of rotatable bonds is 20. The van der Waals surface area contributed by atoms with Gasteiger partial charge in [-0.2, -0.15) is 0 Å². The summed E-state index contributed by atoms with van der Waals surface area (Å²) < 4.78 is 5.40. The normalized spacial score (nSPS) is 17.5. The summed E-state index contributed by atoms with van der Waals surface area (Å²) in [5, 5.41) is 13.3. The first kappa shape index (κ1) is 39.4. The minimum absolute atomic E-state index is 0.0109. The van der Waals surface area contributed by atoms with Crippen molar-refractivity contribution in [1.29, 1.82) is 0 Å². The molecule has 1 saturated heterocycles. The quantitative estimate of drug-likeness (QED) is 0.129. The number of aromatic nitrogens is 1. The lowest BCUT2D eigenvalue weighted by Gasteiger charge is -2.28. The van der Waals surface area contributed by atoms with Crippen LogP contribution in [0, 0.1) is 11.8 Å². The van der Waals surface area contributed by atoms with E-state index < -0.39 is 47.5 Å². The Kier molecular flexibility index (Phi) is 14.4. The molecule has 0 saturated carbocycles. The number of carbonyl (C=O) groups excluding carboxylic acids is 5. The molecule has 0 radical (unpaired) electrons. The number of nitrogens with zero attached hydrogens (tertiary/aromatic N) is 1. The van der Waals surface area contributed by atoms with Crippen LogP contribution < -0.4 is 21.3 Å². The molecule has 4 amide bonds. The van der Waals surface area contributed by atoms with Crippen molar-refractivity contribution >= 4 is 40.7 Å². The smallest absolute Gasteiger partial charge is 0.243 e. The van der Waals surface area contributed by atoms with E-state index in [4.69, 9.17) is 4.74 Å². The van der Waals surface area contributed by atoms with Crippen molar-refractivity contribution in [2.75, 3.05) is 6.61 Å². The van der Waals surface area contributed by atoms with Crippen molar-refractivity contribution in [2.24, 2.45) is 11.8 Å². The molecule has 1 aromatic heterocycles. The number of carbonyl (C=O) groups is 5. The zero-order valence-corrected chi connectivity index (χ0v) is 31.0. The zero-order valence-electron chi connectivity index (χ0n) is 30.1. The molecule has 11 nitrogen and oxygen atoms in total. The van der Waals surface area contributed by atoms with Crippen molar-refractivity contribution in [1.82, 2.24) is 26.3 Å². The summed E-state index contributed by atoms with van der Waals surface area (Å²) in [5.74, 6) is -1.95. The molecule has 4 N–H and O–H groups in total. The number of ketones is 1. The number of hydrogen-bond acceptors (Lipinski definition) is 8. The van der Waals surface area contributed by atoms with Gasteiger partial charge in [-0.25, -0.2) is 4.98 Å². The van der Waals surface area contributed by atoms with Gasteiger partial charge in [0.15, 0.2) is 5.78 Å². The maximum absolute atomic E-state index is 14.0. The Morgan fingerprint density at radius 1 is 0.745 bits per heavy atom. The fraction of sp³-hybridized carbons (Fsp3) is 0.487. The number of thiazole rings is 1. The van der Waals surface area contributed by atoms with Gasteiger partial charge < -0.3 is 26.0 Å². The van der Waals surface area contributed by atoms with Gasteiger partial charge in [-0.1, -0.05) is 88.4 Å². The molecular weight excluding hydrogens is 667 g/mol. The summed E-state index contributed by atoms with van der Waals surface area (Å²) in [7, 11) is 0. The minimum Gasteiger partial charge on any atom is -0.361 e. The van der Waals surface area contributed by atoms with Crippen molar-refractivity contribution in [3.8, 4) is 0 Å². The van der Waals surface area contributed by atoms with Crippen molar-refractivity contribution in [3.63, 3.8) is 0 Å². The molecule has 51 heavy (non-hydrogen) atoms. The van der Waals surface area contributed by atoms with Gasteiger partial charge in [0, 0.05) is 11.8 Å². The zero-order chi connectivity index (χ0) is 37.0. The lowest BCUT2D eigenvalue weighted by molar-refractivity contribution is -0.135. The topological polar surface area (TPSA) is 159 Å². The Balaban J connectivity index is 1.52. The van der Waals surface area contributed by atoms with Crippen molar-refractivity contribution < 1.29 is 28.7 Å². The highest BCUT2D eigenvalue weighted by Crippen LogP contribution is 2.29. The molecule has 12 heteroatoms. The minimum atomic E-state index is -1.03. The molecule has 0 bridgehead atoms. The molecule has 1 fully saturated rings. The van der Waals surface area contributed by atoms with Crippen LogP contribution >= 0.6 is 11.3 Å². The van der Waals surface area contributed by atoms with Gasteiger partial charge >= 0.3 is 0 Å². The standard InChI is InChI=1S/C39H51N5O6S/c1-25(2)18-31(35(46)39(5)23-50-39)42-38(49)33(20-28-14-10-7-11-15-28)44-37(48)32(19-26(3)4)43-36(47)30(17-16-27-12-8-6-9-13-27)41-34(45)21-29-22-51-24-40-29/h6-15,22,24-26,30-33H,16-21,23H2,1-5H3,(H,41,45)(H,42,49)(H,43,47)(H,44,48). The SMILES string of the molecule is CC(C)CC(NC(=O)C(CCc1ccccc1)NC(=O)Cc1cscn1)C(=O)NC(Cc1ccccc1)C(=O)NC(CC(C)C)C(=O)C1(C)CO1. The molecule has 5 unspecified atom stereocenters. The number of hydrogen-bond donors (Lipinski definition) is 4. The summed E-state index contributed by atoms with van der Waals surface area (Å²) in [5.41, 5.74) is 3.15. The number of Topliss-reactive ketones (excluding diaryl/α,β-unsaturated/α-hetero) is 1. The van der Waals surface area contributed by atoms with Crippen molar-refractivity contribution in [2.45, 2.75) is 103 Å². The molecule has 4 rings (SSSR count). The van der Waals surface area contributed by atoms with E-state index in [1.807, 2.05) is 88.4 Å². The third-order valence-corrected chi connectivity index (χ3v) is 9.37. The monoisotopic (exact) mass is 717 g/mol. The van der Waals surface area contributed by atoms with Crippen LogP contribution in [0.4, 0.5) is 0 Å². The van der Waals surface area contributed by atoms with Gasteiger partial charge in [-0.3, -0.25) is 24.0 Å². The molecule has 2 aromatic carbocycles. The lowest BCUT2D eigenvalue weighted by Crippen LogP contribution is -2.59. The first-order chi connectivity index (χ1) is 24.3. The predicted molar refractivity (Wildman–Crippen MR) is 197 cm³/mol. The van der Waals surface area contributed by atoms with Crippen LogP contribution in [0.3, 0.4) is 0 Å². The van der Waals surface area contributed by atoms with Gasteiger partial charge in [0.2, 0.25) is 23.6 Å². The van der Waals surface area contributed by atoms with Crippen LogP contribution in [-0.2, 0) is 48.0 Å². The highest BCUT2D eigenvalue weighted by molar-refractivity contribution is 7.07. The first-order valence-corrected chi connectivity index (χ1v) is 18.6. The Bertz CT molecular complexity index is 1590. The molecule has 5 atom stereocenters. The number of amides is 4. The largest absolute Gasteiger partial charge is 0.361 e. The van der Waals surface area contributed by atoms with Crippen LogP contribution in [0.15, 0.2) is 71.6 Å². The second kappa shape index (κ2) is 18.7. The average Bonchev–Trinajstić information content (AvgIpc) is 3.64. The fourth-order valence-corrected chi connectivity index (χ4v) is 6.42. The third-order valence-electron chi connectivity index (χ3n) is 8.74. The molecular formula is C39H51N5O6S. The molecule has 0 aliphatic carbocycles. The second-order valence-electron chi connectivity index (χ2n) is 14.3. The summed E-state index contributed by atoms with van der Waals surface area (Å²) >= 11 is 1.38. The van der Waals surface area contributed by atoms with Crippen molar-refractivity contribution in [3.05, 3.63) is 88.4 Å². The van der Waals surface area contributed by atoms with E-state index in [0.717, 1.165) is 11.1 Å². The number of ether oxygens (including phenoxy) is 1. The van der Waals surface area contributed by atoms with Crippen LogP contribution in [-0.4, -0.2) is 70.8 Å². The van der Waals surface area contributed by atoms with Crippen LogP contribution in [0.2, 0.25) is 0 Å². The van der Waals surface area contributed by atoms with Crippen LogP contribution in [0.25, 0.3) is 0 Å². The van der Waals surface area contributed by atoms with Gasteiger partial charge in [-0.05, 0) is 55.6 Å². The van der Waals surface area contributed by atoms with Crippen LogP contribution in [0.5, 0.6) is 0 Å². The summed E-state index contributed by atoms with van der Waals surface area (Å²) in [6, 6.07) is 15.2. The van der Waals surface area contributed by atoms with Gasteiger partial charge in [-0.15, -0.1) is 11.3 Å². The van der Waals surface area contributed by atoms with E-state index >= 15 is 0 Å². The molecule has 0 spiro atoms. The van der Waals surface area contributed by atoms with Gasteiger partial charge in [0.1, 0.15) is 23.7 Å². The molecule has 1 aliphatic rings. The number of epoxide rings is 1. The van der Waals surface area contributed by atoms with E-state index in [0.29, 0.717) is 38.0 Å². The molecule has 2 heterocycles. The maximum Gasteiger partial charge on any atom is 0.243 e. The van der Waals surface area contributed by atoms with Gasteiger partial charge in [0.25, 0.3) is 0 Å². The van der Waals surface area contributed by atoms with Crippen LogP contribution in [0.1, 0.15) is 70.7 Å². The predicted octanol–water partition coefficient (Wildman–Crippen LogP) is 3.95. The van der Waals surface area contributed by atoms with E-state index in [1.54, 1.807) is 17.8 Å². The Morgan fingerprint density at radius 3 is 1.84 bits per heavy atom. The first-order valence-electron chi connectivity index (χ1n) is 17.7. The summed E-state index contributed by atoms with van der Waals surface area (Å²) in [6.45, 7) is 9.83. The number of benzene rings is 2. The van der Waals surface area contributed by atoms with E-state index in [2.05, 4.69) is 26.3 Å². The lowest BCUT2D eigenvalue weighted by atomic mass is 9.93. The highest BCUT2D eigenvalue weighted by atomic mass is 32.1. The molecule has 1 aliphatic heterocycles. The Labute approximate surface area is 304 Å². The summed E-state index contributed by atoms with van der Waals surface area (Å²) in [6.07, 6.45) is 1.73. The highest BCUT2D eigenvalue weighted by Gasteiger charge is 2.50. The molecule has 3 aromatic rings. The van der Waals surface area contributed by atoms with E-state index in [9.17, 15) is 24.0 Å².